The average molecular weight is 260 g/mol. The molecule has 100 valence electrons. The molecule has 1 aliphatic heterocycles. The third kappa shape index (κ3) is 2.80. The van der Waals surface area contributed by atoms with E-state index in [9.17, 15) is 0 Å². The van der Waals surface area contributed by atoms with Crippen molar-refractivity contribution in [1.29, 1.82) is 0 Å². The molecule has 0 aliphatic carbocycles. The highest BCUT2D eigenvalue weighted by Gasteiger charge is 2.29. The fourth-order valence-electron chi connectivity index (χ4n) is 2.26. The van der Waals surface area contributed by atoms with Crippen molar-refractivity contribution in [2.24, 2.45) is 0 Å². The van der Waals surface area contributed by atoms with Crippen LogP contribution in [0.1, 0.15) is 23.2 Å². The summed E-state index contributed by atoms with van der Waals surface area (Å²) in [6, 6.07) is 4.11. The number of rotatable bonds is 5. The van der Waals surface area contributed by atoms with Gasteiger partial charge in [-0.1, -0.05) is 11.2 Å². The van der Waals surface area contributed by atoms with E-state index in [0.717, 1.165) is 25.5 Å². The summed E-state index contributed by atoms with van der Waals surface area (Å²) >= 11 is 0. The molecule has 1 fully saturated rings. The van der Waals surface area contributed by atoms with E-state index in [1.165, 1.54) is 5.56 Å². The maximum Gasteiger partial charge on any atom is 0.252 e. The van der Waals surface area contributed by atoms with Gasteiger partial charge in [0, 0.05) is 38.5 Å². The van der Waals surface area contributed by atoms with E-state index < -0.39 is 0 Å². The summed E-state index contributed by atoms with van der Waals surface area (Å²) in [7, 11) is 1.61. The van der Waals surface area contributed by atoms with Crippen molar-refractivity contribution in [2.75, 3.05) is 20.2 Å². The smallest absolute Gasteiger partial charge is 0.252 e. The topological polar surface area (TPSA) is 64.3 Å². The van der Waals surface area contributed by atoms with Crippen LogP contribution >= 0.6 is 0 Å². The van der Waals surface area contributed by atoms with Gasteiger partial charge in [0.2, 0.25) is 0 Å². The van der Waals surface area contributed by atoms with Crippen LogP contribution in [0.25, 0.3) is 0 Å². The summed E-state index contributed by atoms with van der Waals surface area (Å²) in [5.74, 6) is 1.82. The highest BCUT2D eigenvalue weighted by atomic mass is 16.5. The first-order valence-electron chi connectivity index (χ1n) is 6.28. The Kier molecular flexibility index (Phi) is 3.52. The number of hydrogen-bond acceptors (Lipinski definition) is 6. The van der Waals surface area contributed by atoms with Gasteiger partial charge in [-0.3, -0.25) is 9.88 Å². The number of pyridine rings is 1. The molecule has 1 aliphatic rings. The lowest BCUT2D eigenvalue weighted by atomic mass is 9.93. The minimum absolute atomic E-state index is 0.366. The number of likely N-dealkylation sites (tertiary alicyclic amines) is 1. The minimum atomic E-state index is 0.366. The molecule has 19 heavy (non-hydrogen) atoms. The quantitative estimate of drug-likeness (QED) is 0.805. The second-order valence-corrected chi connectivity index (χ2v) is 4.71. The third-order valence-electron chi connectivity index (χ3n) is 3.26. The van der Waals surface area contributed by atoms with E-state index in [1.807, 2.05) is 12.3 Å². The molecule has 3 heterocycles. The Morgan fingerprint density at radius 3 is 3.11 bits per heavy atom. The van der Waals surface area contributed by atoms with E-state index in [4.69, 9.17) is 9.26 Å². The minimum Gasteiger partial charge on any atom is -0.375 e. The van der Waals surface area contributed by atoms with Gasteiger partial charge in [0.15, 0.2) is 5.82 Å². The van der Waals surface area contributed by atoms with Gasteiger partial charge in [-0.25, -0.2) is 0 Å². The molecule has 6 nitrogen and oxygen atoms in total. The first-order chi connectivity index (χ1) is 9.35. The van der Waals surface area contributed by atoms with Crippen LogP contribution in [-0.2, 0) is 17.9 Å². The zero-order chi connectivity index (χ0) is 13.1. The Hall–Kier alpha value is -1.79. The van der Waals surface area contributed by atoms with E-state index in [-0.39, 0.29) is 0 Å². The van der Waals surface area contributed by atoms with Crippen LogP contribution < -0.4 is 0 Å². The van der Waals surface area contributed by atoms with Gasteiger partial charge in [0.1, 0.15) is 6.61 Å². The highest BCUT2D eigenvalue weighted by Crippen LogP contribution is 2.27. The van der Waals surface area contributed by atoms with Gasteiger partial charge in [0.25, 0.3) is 5.89 Å². The third-order valence-corrected chi connectivity index (χ3v) is 3.26. The molecule has 0 saturated carbocycles. The Morgan fingerprint density at radius 2 is 2.37 bits per heavy atom. The van der Waals surface area contributed by atoms with Crippen LogP contribution in [0.15, 0.2) is 29.0 Å². The summed E-state index contributed by atoms with van der Waals surface area (Å²) in [4.78, 5) is 10.7. The molecule has 0 aromatic carbocycles. The number of nitrogens with zero attached hydrogens (tertiary/aromatic N) is 4. The summed E-state index contributed by atoms with van der Waals surface area (Å²) in [5.41, 5.74) is 1.30. The van der Waals surface area contributed by atoms with Crippen molar-refractivity contribution in [3.63, 3.8) is 0 Å². The largest absolute Gasteiger partial charge is 0.375 e. The molecule has 0 atom stereocenters. The zero-order valence-corrected chi connectivity index (χ0v) is 10.8. The molecule has 2 aromatic heterocycles. The first-order valence-corrected chi connectivity index (χ1v) is 6.28. The molecule has 0 unspecified atom stereocenters. The van der Waals surface area contributed by atoms with E-state index in [2.05, 4.69) is 26.1 Å². The van der Waals surface area contributed by atoms with Crippen molar-refractivity contribution in [3.05, 3.63) is 41.8 Å². The molecule has 0 bridgehead atoms. The van der Waals surface area contributed by atoms with Gasteiger partial charge >= 0.3 is 0 Å². The van der Waals surface area contributed by atoms with Crippen molar-refractivity contribution in [2.45, 2.75) is 19.1 Å². The van der Waals surface area contributed by atoms with Crippen molar-refractivity contribution < 1.29 is 9.26 Å². The molecule has 6 heteroatoms. The lowest BCUT2D eigenvalue weighted by molar-refractivity contribution is 0.134. The van der Waals surface area contributed by atoms with Crippen LogP contribution in [0.3, 0.4) is 0 Å². The number of aromatic nitrogens is 3. The van der Waals surface area contributed by atoms with Gasteiger partial charge in [-0.2, -0.15) is 4.98 Å². The molecule has 0 radical (unpaired) electrons. The molecular formula is C13H16N4O2. The molecule has 0 N–H and O–H groups in total. The lowest BCUT2D eigenvalue weighted by Gasteiger charge is -2.38. The van der Waals surface area contributed by atoms with Crippen molar-refractivity contribution >= 4 is 0 Å². The maximum atomic E-state index is 5.06. The Labute approximate surface area is 111 Å². The predicted molar refractivity (Wildman–Crippen MR) is 67.3 cm³/mol. The number of hydrogen-bond donors (Lipinski definition) is 0. The Morgan fingerprint density at radius 1 is 1.47 bits per heavy atom. The summed E-state index contributed by atoms with van der Waals surface area (Å²) < 4.78 is 10.0. The second kappa shape index (κ2) is 5.46. The molecule has 0 spiro atoms. The van der Waals surface area contributed by atoms with Crippen molar-refractivity contribution in [1.82, 2.24) is 20.0 Å². The normalized spacial score (nSPS) is 16.5. The summed E-state index contributed by atoms with van der Waals surface area (Å²) in [6.45, 7) is 3.12. The highest BCUT2D eigenvalue weighted by molar-refractivity contribution is 5.18. The van der Waals surface area contributed by atoms with E-state index in [1.54, 1.807) is 13.3 Å². The van der Waals surface area contributed by atoms with Gasteiger partial charge in [-0.15, -0.1) is 0 Å². The van der Waals surface area contributed by atoms with Gasteiger partial charge in [0.05, 0.1) is 6.54 Å². The standard InChI is InChI=1S/C13H16N4O2/c1-18-9-13-15-12(16-19-13)8-17-6-11(7-17)10-3-2-4-14-5-10/h2-5,11H,6-9H2,1H3. The SMILES string of the molecule is COCc1nc(CN2CC(c3cccnc3)C2)no1. The Balaban J connectivity index is 1.51. The van der Waals surface area contributed by atoms with Gasteiger partial charge < -0.3 is 9.26 Å². The van der Waals surface area contributed by atoms with E-state index >= 15 is 0 Å². The molecule has 0 amide bonds. The zero-order valence-electron chi connectivity index (χ0n) is 10.8. The molecule has 3 rings (SSSR count). The number of methoxy groups -OCH3 is 1. The first kappa shape index (κ1) is 12.3. The Bertz CT molecular complexity index is 522. The average Bonchev–Trinajstić information content (AvgIpc) is 2.82. The monoisotopic (exact) mass is 260 g/mol. The number of ether oxygens (including phenoxy) is 1. The van der Waals surface area contributed by atoms with Crippen LogP contribution in [0.4, 0.5) is 0 Å². The van der Waals surface area contributed by atoms with Crippen LogP contribution in [0, 0.1) is 0 Å². The fraction of sp³-hybridized carbons (Fsp3) is 0.462. The maximum absolute atomic E-state index is 5.06. The molecule has 2 aromatic rings. The van der Waals surface area contributed by atoms with Crippen LogP contribution in [0.5, 0.6) is 0 Å². The van der Waals surface area contributed by atoms with Crippen molar-refractivity contribution in [3.8, 4) is 0 Å². The summed E-state index contributed by atoms with van der Waals surface area (Å²) in [5, 5.41) is 3.93. The fourth-order valence-corrected chi connectivity index (χ4v) is 2.26. The molecular weight excluding hydrogens is 244 g/mol. The van der Waals surface area contributed by atoms with E-state index in [0.29, 0.717) is 18.4 Å². The molecule has 1 saturated heterocycles. The van der Waals surface area contributed by atoms with Crippen LogP contribution in [0.2, 0.25) is 0 Å². The lowest BCUT2D eigenvalue weighted by Crippen LogP contribution is -2.44. The van der Waals surface area contributed by atoms with Crippen LogP contribution in [-0.4, -0.2) is 40.2 Å². The summed E-state index contributed by atoms with van der Waals surface area (Å²) in [6.07, 6.45) is 3.74. The second-order valence-electron chi connectivity index (χ2n) is 4.71. The predicted octanol–water partition coefficient (Wildman–Crippen LogP) is 1.21. The van der Waals surface area contributed by atoms with Gasteiger partial charge in [-0.05, 0) is 11.6 Å².